The number of hydrogen-bond acceptors (Lipinski definition) is 3. The third kappa shape index (κ3) is 2.90. The molecule has 0 aromatic heterocycles. The second-order valence-electron chi connectivity index (χ2n) is 12.2. The van der Waals surface area contributed by atoms with Crippen LogP contribution in [0.25, 0.3) is 0 Å². The number of aliphatic carboxylic acids is 1. The summed E-state index contributed by atoms with van der Waals surface area (Å²) in [5, 5.41) is 10.6. The molecule has 31 heavy (non-hydrogen) atoms. The molecule has 0 radical (unpaired) electrons. The SMILES string of the molecule is C[C@]12CCCCC1CC[C@@H]1[C@H]2CC[C@@]2(C)[C@H]1CCC2(C(=O)O)C(=O)N1CCC(N)CC1. The van der Waals surface area contributed by atoms with Crippen LogP contribution >= 0.6 is 0 Å². The number of nitrogens with two attached hydrogens (primary N) is 1. The van der Waals surface area contributed by atoms with Crippen molar-refractivity contribution < 1.29 is 14.7 Å². The standard InChI is InChI=1S/C26H42N2O3/c1-24-12-4-3-5-17(24)6-7-19-20(24)8-13-25(2)21(19)9-14-26(25,23(30)31)22(29)28-15-10-18(27)11-16-28/h17-21H,3-16,27H2,1-2H3,(H,30,31)/t17?,19-,20-,21+,24+,25+,26?/m1/s1. The number of carboxylic acids is 1. The van der Waals surface area contributed by atoms with Gasteiger partial charge in [-0.15, -0.1) is 0 Å². The number of fused-ring (bicyclic) bond motifs is 5. The maximum absolute atomic E-state index is 13.9. The minimum absolute atomic E-state index is 0.104. The second-order valence-corrected chi connectivity index (χ2v) is 12.2. The summed E-state index contributed by atoms with van der Waals surface area (Å²) in [7, 11) is 0. The Bertz CT molecular complexity index is 747. The molecule has 2 unspecified atom stereocenters. The topological polar surface area (TPSA) is 83.6 Å². The summed E-state index contributed by atoms with van der Waals surface area (Å²) in [6.45, 7) is 5.96. The molecule has 5 rings (SSSR count). The Morgan fingerprint density at radius 3 is 2.29 bits per heavy atom. The molecule has 0 bridgehead atoms. The van der Waals surface area contributed by atoms with Gasteiger partial charge in [0.25, 0.3) is 0 Å². The lowest BCUT2D eigenvalue weighted by Crippen LogP contribution is -2.61. The Morgan fingerprint density at radius 1 is 0.871 bits per heavy atom. The van der Waals surface area contributed by atoms with Crippen LogP contribution in [0.3, 0.4) is 0 Å². The summed E-state index contributed by atoms with van der Waals surface area (Å²) in [4.78, 5) is 28.6. The Hall–Kier alpha value is -1.10. The normalized spacial score (nSPS) is 47.9. The molecule has 7 atom stereocenters. The van der Waals surface area contributed by atoms with Gasteiger partial charge in [0.05, 0.1) is 0 Å². The van der Waals surface area contributed by atoms with E-state index >= 15 is 0 Å². The van der Waals surface area contributed by atoms with Crippen molar-refractivity contribution in [2.45, 2.75) is 96.9 Å². The minimum atomic E-state index is -1.24. The number of amides is 1. The molecule has 0 spiro atoms. The van der Waals surface area contributed by atoms with Gasteiger partial charge in [0, 0.05) is 19.1 Å². The monoisotopic (exact) mass is 430 g/mol. The van der Waals surface area contributed by atoms with E-state index in [4.69, 9.17) is 5.73 Å². The van der Waals surface area contributed by atoms with Gasteiger partial charge < -0.3 is 15.7 Å². The highest BCUT2D eigenvalue weighted by molar-refractivity contribution is 6.03. The number of carbonyl (C=O) groups is 2. The van der Waals surface area contributed by atoms with Crippen LogP contribution in [0.1, 0.15) is 90.9 Å². The molecule has 4 saturated carbocycles. The van der Waals surface area contributed by atoms with Crippen LogP contribution < -0.4 is 5.73 Å². The van der Waals surface area contributed by atoms with E-state index in [1.54, 1.807) is 0 Å². The van der Waals surface area contributed by atoms with E-state index in [0.717, 1.165) is 43.9 Å². The fraction of sp³-hybridized carbons (Fsp3) is 0.923. The third-order valence-corrected chi connectivity index (χ3v) is 11.3. The summed E-state index contributed by atoms with van der Waals surface area (Å²) in [6.07, 6.45) is 13.0. The van der Waals surface area contributed by atoms with Crippen molar-refractivity contribution in [1.82, 2.24) is 4.90 Å². The molecule has 174 valence electrons. The molecular formula is C26H42N2O3. The zero-order valence-electron chi connectivity index (χ0n) is 19.6. The lowest BCUT2D eigenvalue weighted by Gasteiger charge is -2.61. The molecule has 1 heterocycles. The summed E-state index contributed by atoms with van der Waals surface area (Å²) in [5.74, 6) is 1.58. The number of likely N-dealkylation sites (tertiary alicyclic amines) is 1. The fourth-order valence-corrected chi connectivity index (χ4v) is 9.50. The van der Waals surface area contributed by atoms with E-state index < -0.39 is 16.8 Å². The maximum Gasteiger partial charge on any atom is 0.319 e. The van der Waals surface area contributed by atoms with Crippen LogP contribution in [0.5, 0.6) is 0 Å². The van der Waals surface area contributed by atoms with Crippen LogP contribution in [-0.2, 0) is 9.59 Å². The molecular weight excluding hydrogens is 388 g/mol. The van der Waals surface area contributed by atoms with Gasteiger partial charge in [-0.25, -0.2) is 0 Å². The van der Waals surface area contributed by atoms with E-state index in [0.29, 0.717) is 36.8 Å². The number of carbonyl (C=O) groups excluding carboxylic acids is 1. The van der Waals surface area contributed by atoms with Crippen LogP contribution in [0.2, 0.25) is 0 Å². The largest absolute Gasteiger partial charge is 0.480 e. The first-order valence-corrected chi connectivity index (χ1v) is 13.0. The first-order valence-electron chi connectivity index (χ1n) is 13.0. The van der Waals surface area contributed by atoms with Gasteiger partial charge in [0.1, 0.15) is 0 Å². The van der Waals surface area contributed by atoms with Crippen molar-refractivity contribution in [1.29, 1.82) is 0 Å². The first kappa shape index (κ1) is 21.7. The van der Waals surface area contributed by atoms with Gasteiger partial charge in [-0.3, -0.25) is 9.59 Å². The average Bonchev–Trinajstić information content (AvgIpc) is 3.07. The predicted octanol–water partition coefficient (Wildman–Crippen LogP) is 4.44. The highest BCUT2D eigenvalue weighted by atomic mass is 16.4. The van der Waals surface area contributed by atoms with E-state index in [2.05, 4.69) is 13.8 Å². The van der Waals surface area contributed by atoms with Gasteiger partial charge in [-0.2, -0.15) is 0 Å². The predicted molar refractivity (Wildman–Crippen MR) is 120 cm³/mol. The van der Waals surface area contributed by atoms with Gasteiger partial charge in [0.2, 0.25) is 5.91 Å². The molecule has 5 nitrogen and oxygen atoms in total. The zero-order chi connectivity index (χ0) is 22.0. The molecule has 0 aromatic rings. The van der Waals surface area contributed by atoms with Crippen LogP contribution in [-0.4, -0.2) is 41.0 Å². The van der Waals surface area contributed by atoms with Crippen molar-refractivity contribution in [2.75, 3.05) is 13.1 Å². The second kappa shape index (κ2) is 7.46. The van der Waals surface area contributed by atoms with E-state index in [9.17, 15) is 14.7 Å². The smallest absolute Gasteiger partial charge is 0.319 e. The maximum atomic E-state index is 13.9. The summed E-state index contributed by atoms with van der Waals surface area (Å²) < 4.78 is 0. The molecule has 1 saturated heterocycles. The van der Waals surface area contributed by atoms with Gasteiger partial charge in [-0.1, -0.05) is 26.7 Å². The Kier molecular flexibility index (Phi) is 5.23. The lowest BCUT2D eigenvalue weighted by molar-refractivity contribution is -0.180. The van der Waals surface area contributed by atoms with Crippen LogP contribution in [0.4, 0.5) is 0 Å². The van der Waals surface area contributed by atoms with Crippen molar-refractivity contribution in [3.63, 3.8) is 0 Å². The minimum Gasteiger partial charge on any atom is -0.480 e. The molecule has 5 aliphatic rings. The number of rotatable bonds is 2. The molecule has 0 aromatic carbocycles. The number of nitrogens with zero attached hydrogens (tertiary/aromatic N) is 1. The quantitative estimate of drug-likeness (QED) is 0.635. The Morgan fingerprint density at radius 2 is 1.58 bits per heavy atom. The van der Waals surface area contributed by atoms with Crippen molar-refractivity contribution in [3.8, 4) is 0 Å². The number of carboxylic acid groups (broad SMARTS) is 1. The molecule has 5 heteroatoms. The van der Waals surface area contributed by atoms with Crippen molar-refractivity contribution >= 4 is 11.9 Å². The highest BCUT2D eigenvalue weighted by Gasteiger charge is 2.70. The van der Waals surface area contributed by atoms with Crippen molar-refractivity contribution in [2.24, 2.45) is 45.7 Å². The third-order valence-electron chi connectivity index (χ3n) is 11.3. The Balaban J connectivity index is 1.46. The molecule has 5 fully saturated rings. The van der Waals surface area contributed by atoms with E-state index in [1.165, 1.54) is 38.5 Å². The van der Waals surface area contributed by atoms with E-state index in [1.807, 2.05) is 4.90 Å². The molecule has 1 aliphatic heterocycles. The summed E-state index contributed by atoms with van der Waals surface area (Å²) in [6, 6.07) is 0.138. The fourth-order valence-electron chi connectivity index (χ4n) is 9.50. The van der Waals surface area contributed by atoms with E-state index in [-0.39, 0.29) is 11.9 Å². The molecule has 3 N–H and O–H groups in total. The first-order chi connectivity index (χ1) is 14.7. The number of piperidine rings is 1. The summed E-state index contributed by atoms with van der Waals surface area (Å²) in [5.41, 5.74) is 4.83. The van der Waals surface area contributed by atoms with Crippen LogP contribution in [0.15, 0.2) is 0 Å². The molecule has 1 amide bonds. The Labute approximate surface area is 187 Å². The van der Waals surface area contributed by atoms with Crippen LogP contribution in [0, 0.1) is 39.9 Å². The average molecular weight is 431 g/mol. The van der Waals surface area contributed by atoms with Crippen molar-refractivity contribution in [3.05, 3.63) is 0 Å². The summed E-state index contributed by atoms with van der Waals surface area (Å²) >= 11 is 0. The zero-order valence-corrected chi connectivity index (χ0v) is 19.6. The van der Waals surface area contributed by atoms with Gasteiger partial charge >= 0.3 is 5.97 Å². The van der Waals surface area contributed by atoms with Gasteiger partial charge in [-0.05, 0) is 98.7 Å². The highest BCUT2D eigenvalue weighted by Crippen LogP contribution is 2.70. The lowest BCUT2D eigenvalue weighted by atomic mass is 9.43. The number of hydrogen-bond donors (Lipinski definition) is 2. The van der Waals surface area contributed by atoms with Gasteiger partial charge in [0.15, 0.2) is 5.41 Å². The molecule has 4 aliphatic carbocycles.